The van der Waals surface area contributed by atoms with E-state index in [0.29, 0.717) is 5.06 Å². The number of hydrogen-bond acceptors (Lipinski definition) is 4. The second-order valence-corrected chi connectivity index (χ2v) is 9.67. The normalized spacial score (nSPS) is 15.8. The van der Waals surface area contributed by atoms with Crippen LogP contribution in [0.3, 0.4) is 0 Å². The fraction of sp³-hybridized carbons (Fsp3) is 0.429. The molecule has 92 valence electrons. The number of aryl methyl sites for hydroxylation is 1. The Morgan fingerprint density at radius 2 is 2.12 bits per heavy atom. The third-order valence-corrected chi connectivity index (χ3v) is 7.26. The lowest BCUT2D eigenvalue weighted by molar-refractivity contribution is 0.376. The Balaban J connectivity index is 2.72. The average molecular weight is 302 g/mol. The van der Waals surface area contributed by atoms with E-state index in [1.165, 1.54) is 11.3 Å². The largest absolute Gasteiger partial charge is 0.433 e. The van der Waals surface area contributed by atoms with Gasteiger partial charge in [-0.2, -0.15) is 0 Å². The molecule has 0 aliphatic heterocycles. The summed E-state index contributed by atoms with van der Waals surface area (Å²) < 4.78 is 15.8. The standard InChI is InChI=1S/C7H12O5P2S2/c1-2-6-3-7(16-4-6)12-14(11,15)5-13(8,9)10/h3-4H,2,5H2,1H3,(H,11,15)(H2,8,9,10). The summed E-state index contributed by atoms with van der Waals surface area (Å²) in [5.74, 6) is -0.797. The fourth-order valence-corrected chi connectivity index (χ4v) is 6.42. The van der Waals surface area contributed by atoms with Crippen LogP contribution in [0.25, 0.3) is 0 Å². The molecule has 0 aliphatic carbocycles. The molecule has 0 spiro atoms. The molecule has 0 radical (unpaired) electrons. The van der Waals surface area contributed by atoms with Crippen molar-refractivity contribution in [3.05, 3.63) is 17.0 Å². The van der Waals surface area contributed by atoms with E-state index in [4.69, 9.17) is 14.3 Å². The molecule has 0 saturated carbocycles. The summed E-state index contributed by atoms with van der Waals surface area (Å²) >= 11 is 5.93. The molecule has 0 aliphatic rings. The Morgan fingerprint density at radius 1 is 1.50 bits per heavy atom. The molecule has 1 heterocycles. The van der Waals surface area contributed by atoms with Crippen molar-refractivity contribution in [2.45, 2.75) is 13.3 Å². The summed E-state index contributed by atoms with van der Waals surface area (Å²) in [5, 5.41) is 2.25. The Bertz CT molecular complexity index is 451. The first kappa shape index (κ1) is 14.3. The van der Waals surface area contributed by atoms with Gasteiger partial charge in [0.2, 0.25) is 6.49 Å². The van der Waals surface area contributed by atoms with Crippen molar-refractivity contribution in [1.82, 2.24) is 0 Å². The van der Waals surface area contributed by atoms with Crippen molar-refractivity contribution in [3.63, 3.8) is 0 Å². The van der Waals surface area contributed by atoms with Crippen LogP contribution in [-0.4, -0.2) is 20.6 Å². The Hall–Kier alpha value is 0.260. The molecule has 1 aromatic rings. The van der Waals surface area contributed by atoms with E-state index in [2.05, 4.69) is 11.8 Å². The van der Waals surface area contributed by atoms with E-state index < -0.39 is 20.0 Å². The smallest absolute Gasteiger partial charge is 0.336 e. The topological polar surface area (TPSA) is 87.0 Å². The van der Waals surface area contributed by atoms with E-state index >= 15 is 0 Å². The van der Waals surface area contributed by atoms with Crippen LogP contribution in [0.5, 0.6) is 5.06 Å². The van der Waals surface area contributed by atoms with Gasteiger partial charge < -0.3 is 19.2 Å². The third kappa shape index (κ3) is 5.06. The summed E-state index contributed by atoms with van der Waals surface area (Å²) in [6.07, 6.45) is 0.826. The van der Waals surface area contributed by atoms with Gasteiger partial charge in [0.15, 0.2) is 5.06 Å². The van der Waals surface area contributed by atoms with E-state index in [0.717, 1.165) is 12.0 Å². The third-order valence-electron chi connectivity index (χ3n) is 1.63. The van der Waals surface area contributed by atoms with Crippen LogP contribution < -0.4 is 4.52 Å². The molecule has 0 amide bonds. The van der Waals surface area contributed by atoms with Gasteiger partial charge in [-0.15, -0.1) is 11.3 Å². The summed E-state index contributed by atoms with van der Waals surface area (Å²) in [5.41, 5.74) is 1.03. The van der Waals surface area contributed by atoms with Crippen LogP contribution in [0.4, 0.5) is 0 Å². The highest BCUT2D eigenvalue weighted by Gasteiger charge is 2.28. The molecule has 5 nitrogen and oxygen atoms in total. The monoisotopic (exact) mass is 302 g/mol. The minimum absolute atomic E-state index is 0.399. The van der Waals surface area contributed by atoms with Gasteiger partial charge in [0.1, 0.15) is 5.90 Å². The van der Waals surface area contributed by atoms with Crippen molar-refractivity contribution < 1.29 is 23.8 Å². The first-order valence-electron chi connectivity index (χ1n) is 4.35. The predicted octanol–water partition coefficient (Wildman–Crippen LogP) is 2.13. The van der Waals surface area contributed by atoms with E-state index in [1.807, 2.05) is 12.3 Å². The Kier molecular flexibility index (Phi) is 4.72. The van der Waals surface area contributed by atoms with Gasteiger partial charge in [0.25, 0.3) is 0 Å². The molecule has 3 N–H and O–H groups in total. The molecule has 0 saturated heterocycles. The molecule has 16 heavy (non-hydrogen) atoms. The fourth-order valence-electron chi connectivity index (χ4n) is 0.989. The van der Waals surface area contributed by atoms with Crippen molar-refractivity contribution in [3.8, 4) is 5.06 Å². The van der Waals surface area contributed by atoms with Crippen molar-refractivity contribution in [2.24, 2.45) is 0 Å². The van der Waals surface area contributed by atoms with Gasteiger partial charge >= 0.3 is 7.60 Å². The maximum absolute atomic E-state index is 10.7. The zero-order chi connectivity index (χ0) is 12.4. The van der Waals surface area contributed by atoms with Crippen LogP contribution >= 0.6 is 25.4 Å². The highest BCUT2D eigenvalue weighted by molar-refractivity contribution is 8.12. The van der Waals surface area contributed by atoms with Gasteiger partial charge in [-0.05, 0) is 35.2 Å². The molecule has 9 heteroatoms. The molecular formula is C7H12O5P2S2. The zero-order valence-electron chi connectivity index (χ0n) is 8.44. The Labute approximate surface area is 102 Å². The molecule has 1 rings (SSSR count). The Morgan fingerprint density at radius 3 is 2.56 bits per heavy atom. The molecule has 1 atom stereocenters. The van der Waals surface area contributed by atoms with E-state index in [1.54, 1.807) is 6.07 Å². The van der Waals surface area contributed by atoms with Crippen molar-refractivity contribution >= 4 is 37.2 Å². The summed E-state index contributed by atoms with van der Waals surface area (Å²) in [6, 6.07) is 1.71. The van der Waals surface area contributed by atoms with Crippen molar-refractivity contribution in [1.29, 1.82) is 0 Å². The number of thiophene rings is 1. The molecular weight excluding hydrogens is 290 g/mol. The average Bonchev–Trinajstić information content (AvgIpc) is 2.46. The maximum Gasteiger partial charge on any atom is 0.336 e. The molecule has 0 fully saturated rings. The number of hydrogen-bond donors (Lipinski definition) is 3. The SMILES string of the molecule is CCc1csc(OP(O)(=S)CP(=O)(O)O)c1. The highest BCUT2D eigenvalue weighted by Crippen LogP contribution is 2.56. The second-order valence-electron chi connectivity index (χ2n) is 3.16. The summed E-state index contributed by atoms with van der Waals surface area (Å²) in [6.45, 7) is -1.48. The molecule has 1 unspecified atom stereocenters. The molecule has 0 bridgehead atoms. The first-order chi connectivity index (χ1) is 7.22. The van der Waals surface area contributed by atoms with Gasteiger partial charge in [-0.25, -0.2) is 0 Å². The van der Waals surface area contributed by atoms with Gasteiger partial charge in [0, 0.05) is 0 Å². The first-order valence-corrected chi connectivity index (χ1v) is 9.89. The van der Waals surface area contributed by atoms with Gasteiger partial charge in [-0.1, -0.05) is 6.92 Å². The maximum atomic E-state index is 10.7. The lowest BCUT2D eigenvalue weighted by Gasteiger charge is -2.15. The van der Waals surface area contributed by atoms with Crippen LogP contribution in [0.2, 0.25) is 0 Å². The van der Waals surface area contributed by atoms with E-state index in [-0.39, 0.29) is 0 Å². The second kappa shape index (κ2) is 5.27. The van der Waals surface area contributed by atoms with Gasteiger partial charge in [0.05, 0.1) is 0 Å². The minimum atomic E-state index is -4.35. The summed E-state index contributed by atoms with van der Waals surface area (Å²) in [4.78, 5) is 27.0. The van der Waals surface area contributed by atoms with Gasteiger partial charge in [-0.3, -0.25) is 4.57 Å². The van der Waals surface area contributed by atoms with Crippen LogP contribution in [0, 0.1) is 0 Å². The lowest BCUT2D eigenvalue weighted by atomic mass is 10.3. The minimum Gasteiger partial charge on any atom is -0.433 e. The lowest BCUT2D eigenvalue weighted by Crippen LogP contribution is -1.96. The van der Waals surface area contributed by atoms with Crippen LogP contribution in [0.15, 0.2) is 11.4 Å². The number of rotatable bonds is 5. The van der Waals surface area contributed by atoms with Crippen LogP contribution in [-0.2, 0) is 22.8 Å². The highest BCUT2D eigenvalue weighted by atomic mass is 32.5. The summed E-state index contributed by atoms with van der Waals surface area (Å²) in [7, 11) is -4.35. The van der Waals surface area contributed by atoms with E-state index in [9.17, 15) is 9.46 Å². The zero-order valence-corrected chi connectivity index (χ0v) is 11.9. The molecule has 0 aromatic carbocycles. The van der Waals surface area contributed by atoms with Crippen molar-refractivity contribution in [2.75, 3.05) is 5.90 Å². The quantitative estimate of drug-likeness (QED) is 0.722. The van der Waals surface area contributed by atoms with Crippen LogP contribution in [0.1, 0.15) is 12.5 Å². The predicted molar refractivity (Wildman–Crippen MR) is 67.7 cm³/mol. The molecule has 1 aromatic heterocycles.